The summed E-state index contributed by atoms with van der Waals surface area (Å²) in [7, 11) is -1.84. The van der Waals surface area contributed by atoms with Crippen molar-refractivity contribution < 1.29 is 8.22 Å². The molecular formula is C16H21NSi. The van der Waals surface area contributed by atoms with Crippen LogP contribution < -0.4 is 5.19 Å². The molecule has 0 fully saturated rings. The Morgan fingerprint density at radius 2 is 1.78 bits per heavy atom. The number of hydrogen-bond acceptors (Lipinski definition) is 1. The summed E-state index contributed by atoms with van der Waals surface area (Å²) in [6.45, 7) is 1.90. The van der Waals surface area contributed by atoms with Gasteiger partial charge in [-0.3, -0.25) is 4.98 Å². The van der Waals surface area contributed by atoms with Crippen molar-refractivity contribution in [1.82, 2.24) is 4.98 Å². The van der Waals surface area contributed by atoms with E-state index in [4.69, 9.17) is 8.22 Å². The van der Waals surface area contributed by atoms with Crippen LogP contribution in [0.4, 0.5) is 0 Å². The number of nitrogens with zero attached hydrogens (tertiary/aromatic N) is 1. The third kappa shape index (κ3) is 2.70. The van der Waals surface area contributed by atoms with Gasteiger partial charge in [-0.05, 0) is 30.5 Å². The summed E-state index contributed by atoms with van der Waals surface area (Å²) >= 11 is 0. The molecule has 0 spiro atoms. The maximum atomic E-state index is 7.82. The lowest BCUT2D eigenvalue weighted by Gasteiger charge is -2.19. The fourth-order valence-corrected chi connectivity index (χ4v) is 3.18. The Kier molecular flexibility index (Phi) is 1.89. The van der Waals surface area contributed by atoms with Gasteiger partial charge in [0.05, 0.1) is 13.8 Å². The van der Waals surface area contributed by atoms with Gasteiger partial charge in [0.15, 0.2) is 0 Å². The van der Waals surface area contributed by atoms with Gasteiger partial charge in [-0.2, -0.15) is 0 Å². The van der Waals surface area contributed by atoms with E-state index in [9.17, 15) is 0 Å². The van der Waals surface area contributed by atoms with E-state index in [0.29, 0.717) is 16.8 Å². The summed E-state index contributed by atoms with van der Waals surface area (Å²) in [6, 6.07) is 8.02. The molecule has 0 saturated heterocycles. The predicted octanol–water partition coefficient (Wildman–Crippen LogP) is 3.91. The van der Waals surface area contributed by atoms with Crippen molar-refractivity contribution >= 4 is 13.3 Å². The molecule has 2 rings (SSSR count). The highest BCUT2D eigenvalue weighted by molar-refractivity contribution is 6.89. The largest absolute Gasteiger partial charge is 0.256 e. The molecule has 2 heteroatoms. The topological polar surface area (TPSA) is 12.9 Å². The summed E-state index contributed by atoms with van der Waals surface area (Å²) in [5, 5.41) is 0.824. The second kappa shape index (κ2) is 4.69. The molecule has 0 saturated carbocycles. The molecule has 0 N–H and O–H groups in total. The molecule has 1 nitrogen and oxygen atoms in total. The average Bonchev–Trinajstić information content (AvgIpc) is 2.44. The number of hydrogen-bond donors (Lipinski definition) is 0. The lowest BCUT2D eigenvalue weighted by Crippen LogP contribution is -2.39. The molecule has 0 atom stereocenters. The molecule has 1 heterocycles. The molecule has 0 unspecified atom stereocenters. The number of benzene rings is 1. The van der Waals surface area contributed by atoms with E-state index in [1.54, 1.807) is 24.4 Å². The molecule has 1 aromatic carbocycles. The fourth-order valence-electron chi connectivity index (χ4n) is 1.85. The first-order valence-corrected chi connectivity index (χ1v) is 9.42. The highest BCUT2D eigenvalue weighted by Gasteiger charge is 2.19. The second-order valence-electron chi connectivity index (χ2n) is 5.44. The molecule has 94 valence electrons. The summed E-state index contributed by atoms with van der Waals surface area (Å²) < 4.78 is 45.7. The summed E-state index contributed by atoms with van der Waals surface area (Å²) in [6.07, 6.45) is 1.67. The van der Waals surface area contributed by atoms with Crippen molar-refractivity contribution in [3.8, 4) is 11.3 Å². The molecule has 18 heavy (non-hydrogen) atoms. The van der Waals surface area contributed by atoms with Crippen molar-refractivity contribution in [2.45, 2.75) is 33.3 Å². The van der Waals surface area contributed by atoms with E-state index in [1.165, 1.54) is 12.1 Å². The Morgan fingerprint density at radius 3 is 2.33 bits per heavy atom. The summed E-state index contributed by atoms with van der Waals surface area (Å²) in [5.41, 5.74) is 1.84. The zero-order chi connectivity index (χ0) is 18.3. The van der Waals surface area contributed by atoms with Crippen LogP contribution in [-0.4, -0.2) is 13.1 Å². The minimum absolute atomic E-state index is 0.251. The summed E-state index contributed by atoms with van der Waals surface area (Å²) in [5.74, 6) is 0. The van der Waals surface area contributed by atoms with E-state index in [-0.39, 0.29) is 5.56 Å². The van der Waals surface area contributed by atoms with E-state index in [0.717, 1.165) is 5.19 Å². The van der Waals surface area contributed by atoms with Gasteiger partial charge in [0.25, 0.3) is 0 Å². The molecule has 0 amide bonds. The highest BCUT2D eigenvalue weighted by Crippen LogP contribution is 2.18. The minimum atomic E-state index is -2.20. The second-order valence-corrected chi connectivity index (χ2v) is 10.5. The standard InChI is InChI=1S/C16H21NSi/c1-12-6-8-14(9-7-12)15-10-13(2)16(11-17-15)18(3,4)5/h6-11H,1-5H3/i1D3,2D3. The van der Waals surface area contributed by atoms with E-state index >= 15 is 0 Å². The molecule has 0 aliphatic rings. The number of aryl methyl sites for hydroxylation is 2. The van der Waals surface area contributed by atoms with Crippen molar-refractivity contribution in [1.29, 1.82) is 0 Å². The number of pyridine rings is 1. The van der Waals surface area contributed by atoms with Gasteiger partial charge >= 0.3 is 0 Å². The van der Waals surface area contributed by atoms with Crippen molar-refractivity contribution in [3.05, 3.63) is 47.7 Å². The normalized spacial score (nSPS) is 17.9. The van der Waals surface area contributed by atoms with Crippen molar-refractivity contribution in [2.24, 2.45) is 0 Å². The van der Waals surface area contributed by atoms with Gasteiger partial charge in [0.1, 0.15) is 0 Å². The molecule has 0 bridgehead atoms. The Morgan fingerprint density at radius 1 is 1.06 bits per heavy atom. The maximum absolute atomic E-state index is 7.82. The van der Waals surface area contributed by atoms with Crippen molar-refractivity contribution in [3.63, 3.8) is 0 Å². The first kappa shape index (κ1) is 7.24. The first-order valence-electron chi connectivity index (χ1n) is 8.92. The monoisotopic (exact) mass is 261 g/mol. The smallest absolute Gasteiger partial charge is 0.0799 e. The summed E-state index contributed by atoms with van der Waals surface area (Å²) in [4.78, 5) is 4.43. The minimum Gasteiger partial charge on any atom is -0.256 e. The average molecular weight is 261 g/mol. The van der Waals surface area contributed by atoms with E-state index in [1.807, 2.05) is 0 Å². The Balaban J connectivity index is 2.53. The van der Waals surface area contributed by atoms with Gasteiger partial charge in [-0.25, -0.2) is 0 Å². The van der Waals surface area contributed by atoms with E-state index < -0.39 is 21.8 Å². The van der Waals surface area contributed by atoms with Gasteiger partial charge in [0, 0.05) is 20.0 Å². The Bertz CT molecular complexity index is 726. The van der Waals surface area contributed by atoms with E-state index in [2.05, 4.69) is 24.6 Å². The first-order chi connectivity index (χ1) is 10.8. The van der Waals surface area contributed by atoms with Gasteiger partial charge in [-0.15, -0.1) is 0 Å². The number of aromatic nitrogens is 1. The molecule has 0 aliphatic carbocycles. The lowest BCUT2D eigenvalue weighted by molar-refractivity contribution is 1.30. The van der Waals surface area contributed by atoms with Crippen molar-refractivity contribution in [2.75, 3.05) is 0 Å². The predicted molar refractivity (Wildman–Crippen MR) is 82.1 cm³/mol. The molecular weight excluding hydrogens is 234 g/mol. The van der Waals surface area contributed by atoms with Crippen LogP contribution in [0, 0.1) is 13.7 Å². The van der Waals surface area contributed by atoms with Gasteiger partial charge in [-0.1, -0.05) is 49.5 Å². The molecule has 2 aromatic rings. The third-order valence-corrected chi connectivity index (χ3v) is 4.91. The lowest BCUT2D eigenvalue weighted by atomic mass is 10.1. The van der Waals surface area contributed by atoms with Gasteiger partial charge < -0.3 is 0 Å². The van der Waals surface area contributed by atoms with Gasteiger partial charge in [0.2, 0.25) is 0 Å². The highest BCUT2D eigenvalue weighted by atomic mass is 28.3. The Hall–Kier alpha value is -1.41. The Labute approximate surface area is 119 Å². The molecule has 0 aliphatic heterocycles. The maximum Gasteiger partial charge on any atom is 0.0799 e. The van der Waals surface area contributed by atoms with Crippen LogP contribution in [0.1, 0.15) is 19.4 Å². The van der Waals surface area contributed by atoms with Crippen LogP contribution in [0.5, 0.6) is 0 Å². The molecule has 0 radical (unpaired) electrons. The zero-order valence-corrected chi connectivity index (χ0v) is 11.9. The SMILES string of the molecule is [2H]C([2H])([2H])c1ccc(-c2cc(C([2H])([2H])[2H])c([Si](C)(C)C)cn2)cc1. The number of rotatable bonds is 2. The van der Waals surface area contributed by atoms with Crippen LogP contribution in [0.15, 0.2) is 36.5 Å². The zero-order valence-electron chi connectivity index (χ0n) is 16.9. The van der Waals surface area contributed by atoms with Crippen LogP contribution >= 0.6 is 0 Å². The van der Waals surface area contributed by atoms with Crippen LogP contribution in [0.2, 0.25) is 19.6 Å². The van der Waals surface area contributed by atoms with Crippen LogP contribution in [0.3, 0.4) is 0 Å². The van der Waals surface area contributed by atoms with Crippen LogP contribution in [-0.2, 0) is 0 Å². The quantitative estimate of drug-likeness (QED) is 0.747. The van der Waals surface area contributed by atoms with Crippen LogP contribution in [0.25, 0.3) is 11.3 Å². The third-order valence-electron chi connectivity index (χ3n) is 2.89. The molecule has 1 aromatic heterocycles. The fraction of sp³-hybridized carbons (Fsp3) is 0.312.